The van der Waals surface area contributed by atoms with Crippen LogP contribution in [0.5, 0.6) is 0 Å². The summed E-state index contributed by atoms with van der Waals surface area (Å²) in [7, 11) is 0. The molecule has 3 aromatic carbocycles. The first-order chi connectivity index (χ1) is 22.1. The minimum Gasteiger partial charge on any atom is -0.379 e. The fourth-order valence-corrected chi connectivity index (χ4v) is 6.13. The Kier molecular flexibility index (Phi) is 8.28. The molecule has 1 amide bonds. The Morgan fingerprint density at radius 3 is 2.69 bits per heavy atom. The Bertz CT molecular complexity index is 1970. The van der Waals surface area contributed by atoms with Gasteiger partial charge in [0.1, 0.15) is 11.5 Å². The Morgan fingerprint density at radius 2 is 1.80 bits per heavy atom. The third kappa shape index (κ3) is 6.46. The predicted octanol–water partition coefficient (Wildman–Crippen LogP) is 6.53. The molecule has 0 aliphatic carbocycles. The zero-order valence-electron chi connectivity index (χ0n) is 24.3. The number of morpholine rings is 1. The monoisotopic (exact) mass is 619 g/mol. The summed E-state index contributed by atoms with van der Waals surface area (Å²) in [5.74, 6) is -0.622. The van der Waals surface area contributed by atoms with Crippen molar-refractivity contribution in [2.75, 3.05) is 43.5 Å². The van der Waals surface area contributed by atoms with Gasteiger partial charge in [0.15, 0.2) is 4.96 Å². The molecule has 1 fully saturated rings. The summed E-state index contributed by atoms with van der Waals surface area (Å²) in [5.41, 5.74) is 5.65. The predicted molar refractivity (Wildman–Crippen MR) is 175 cm³/mol. The average Bonchev–Trinajstić information content (AvgIpc) is 3.67. The highest BCUT2D eigenvalue weighted by atomic mass is 32.1. The minimum absolute atomic E-state index is 0.0187. The smallest absolute Gasteiger partial charge is 0.258 e. The molecular formula is C34H30FN7O2S. The standard InChI is InChI=1S/C34H30FN7O2S/c35-28-10-2-1-9-27(28)32(43)37-26-8-4-6-24(22-26)30-31(42-17-20-45-34(42)40-30)29-11-13-36-33(39-29)38-25-7-3-5-23(21-25)12-14-41-15-18-44-19-16-41/h1-11,13,17,20-22H,12,14-16,18-19H2,(H,37,43)(H,36,38,39). The van der Waals surface area contributed by atoms with Gasteiger partial charge in [-0.25, -0.2) is 19.3 Å². The van der Waals surface area contributed by atoms with Crippen LogP contribution in [0.1, 0.15) is 15.9 Å². The fraction of sp³-hybridized carbons (Fsp3) is 0.176. The number of fused-ring (bicyclic) bond motifs is 1. The minimum atomic E-state index is -0.573. The summed E-state index contributed by atoms with van der Waals surface area (Å²) in [4.78, 5) is 30.3. The van der Waals surface area contributed by atoms with E-state index in [-0.39, 0.29) is 5.56 Å². The second-order valence-corrected chi connectivity index (χ2v) is 11.5. The van der Waals surface area contributed by atoms with Crippen molar-refractivity contribution in [1.82, 2.24) is 24.3 Å². The molecule has 0 atom stereocenters. The molecule has 4 heterocycles. The van der Waals surface area contributed by atoms with Gasteiger partial charge in [-0.15, -0.1) is 11.3 Å². The zero-order chi connectivity index (χ0) is 30.6. The molecule has 1 aliphatic heterocycles. The van der Waals surface area contributed by atoms with Crippen LogP contribution in [0.15, 0.2) is 96.6 Å². The molecule has 0 radical (unpaired) electrons. The van der Waals surface area contributed by atoms with Gasteiger partial charge in [-0.3, -0.25) is 14.1 Å². The number of hydrogen-bond donors (Lipinski definition) is 2. The lowest BCUT2D eigenvalue weighted by Crippen LogP contribution is -2.37. The van der Waals surface area contributed by atoms with Gasteiger partial charge < -0.3 is 15.4 Å². The highest BCUT2D eigenvalue weighted by molar-refractivity contribution is 7.15. The van der Waals surface area contributed by atoms with Gasteiger partial charge in [-0.05, 0) is 54.4 Å². The van der Waals surface area contributed by atoms with Gasteiger partial charge in [-0.2, -0.15) is 0 Å². The number of rotatable bonds is 9. The molecule has 6 aromatic rings. The Morgan fingerprint density at radius 1 is 0.956 bits per heavy atom. The zero-order valence-corrected chi connectivity index (χ0v) is 25.1. The molecule has 9 nitrogen and oxygen atoms in total. The topological polar surface area (TPSA) is 96.7 Å². The van der Waals surface area contributed by atoms with Crippen molar-refractivity contribution in [2.45, 2.75) is 6.42 Å². The van der Waals surface area contributed by atoms with E-state index in [1.165, 1.54) is 29.0 Å². The van der Waals surface area contributed by atoms with Gasteiger partial charge in [0.25, 0.3) is 5.91 Å². The second-order valence-electron chi connectivity index (χ2n) is 10.7. The molecular weight excluding hydrogens is 589 g/mol. The molecule has 11 heteroatoms. The van der Waals surface area contributed by atoms with E-state index >= 15 is 0 Å². The van der Waals surface area contributed by atoms with Crippen LogP contribution in [0.25, 0.3) is 27.6 Å². The van der Waals surface area contributed by atoms with Crippen LogP contribution in [0, 0.1) is 5.82 Å². The number of carbonyl (C=O) groups is 1. The number of thiazole rings is 1. The van der Waals surface area contributed by atoms with E-state index in [0.717, 1.165) is 61.2 Å². The maximum Gasteiger partial charge on any atom is 0.258 e. The van der Waals surface area contributed by atoms with E-state index in [0.29, 0.717) is 23.0 Å². The van der Waals surface area contributed by atoms with E-state index in [1.807, 2.05) is 52.4 Å². The van der Waals surface area contributed by atoms with E-state index in [4.69, 9.17) is 14.7 Å². The number of amides is 1. The highest BCUT2D eigenvalue weighted by Crippen LogP contribution is 2.35. The summed E-state index contributed by atoms with van der Waals surface area (Å²) in [5, 5.41) is 8.16. The number of anilines is 3. The second kappa shape index (κ2) is 12.9. The van der Waals surface area contributed by atoms with Crippen LogP contribution in [-0.4, -0.2) is 63.0 Å². The SMILES string of the molecule is O=C(Nc1cccc(-c2nc3sccn3c2-c2ccnc(Nc3cccc(CCN4CCOCC4)c3)n2)c1)c1ccccc1F. The maximum absolute atomic E-state index is 14.2. The van der Waals surface area contributed by atoms with Crippen molar-refractivity contribution in [1.29, 1.82) is 0 Å². The van der Waals surface area contributed by atoms with E-state index in [9.17, 15) is 9.18 Å². The van der Waals surface area contributed by atoms with Crippen molar-refractivity contribution in [2.24, 2.45) is 0 Å². The number of aromatic nitrogens is 4. The molecule has 0 unspecified atom stereocenters. The van der Waals surface area contributed by atoms with Crippen molar-refractivity contribution < 1.29 is 13.9 Å². The number of imidazole rings is 1. The molecule has 2 N–H and O–H groups in total. The molecule has 226 valence electrons. The number of hydrogen-bond acceptors (Lipinski definition) is 8. The average molecular weight is 620 g/mol. The van der Waals surface area contributed by atoms with Crippen molar-refractivity contribution in [3.8, 4) is 22.6 Å². The number of carbonyl (C=O) groups excluding carboxylic acids is 1. The van der Waals surface area contributed by atoms with Crippen LogP contribution in [0.4, 0.5) is 21.7 Å². The Labute approximate surface area is 263 Å². The third-order valence-electron chi connectivity index (χ3n) is 7.68. The lowest BCUT2D eigenvalue weighted by molar-refractivity contribution is 0.0384. The summed E-state index contributed by atoms with van der Waals surface area (Å²) < 4.78 is 21.7. The van der Waals surface area contributed by atoms with Gasteiger partial charge in [0, 0.05) is 54.3 Å². The van der Waals surface area contributed by atoms with E-state index < -0.39 is 11.7 Å². The quantitative estimate of drug-likeness (QED) is 0.190. The summed E-state index contributed by atoms with van der Waals surface area (Å²) in [6.07, 6.45) is 4.64. The molecule has 1 aliphatic rings. The lowest BCUT2D eigenvalue weighted by Gasteiger charge is -2.26. The van der Waals surface area contributed by atoms with Gasteiger partial charge >= 0.3 is 0 Å². The van der Waals surface area contributed by atoms with Gasteiger partial charge in [0.05, 0.1) is 30.2 Å². The normalized spacial score (nSPS) is 13.6. The third-order valence-corrected chi connectivity index (χ3v) is 8.43. The molecule has 0 spiro atoms. The van der Waals surface area contributed by atoms with Crippen molar-refractivity contribution in [3.63, 3.8) is 0 Å². The van der Waals surface area contributed by atoms with Crippen LogP contribution in [0.3, 0.4) is 0 Å². The molecule has 3 aromatic heterocycles. The fourth-order valence-electron chi connectivity index (χ4n) is 5.42. The number of halogens is 1. The summed E-state index contributed by atoms with van der Waals surface area (Å²) in [6, 6.07) is 23.5. The first-order valence-electron chi connectivity index (χ1n) is 14.7. The first kappa shape index (κ1) is 28.8. The van der Waals surface area contributed by atoms with Crippen molar-refractivity contribution in [3.05, 3.63) is 114 Å². The Hall–Kier alpha value is -4.97. The Balaban J connectivity index is 1.14. The molecule has 45 heavy (non-hydrogen) atoms. The number of nitrogens with one attached hydrogen (secondary N) is 2. The van der Waals surface area contributed by atoms with E-state index in [2.05, 4.69) is 32.7 Å². The molecule has 1 saturated heterocycles. The number of nitrogens with zero attached hydrogens (tertiary/aromatic N) is 5. The molecule has 7 rings (SSSR count). The van der Waals surface area contributed by atoms with Gasteiger partial charge in [0.2, 0.25) is 5.95 Å². The number of benzene rings is 3. The van der Waals surface area contributed by atoms with Gasteiger partial charge in [-0.1, -0.05) is 36.4 Å². The van der Waals surface area contributed by atoms with E-state index in [1.54, 1.807) is 24.4 Å². The van der Waals surface area contributed by atoms with Crippen molar-refractivity contribution >= 4 is 39.5 Å². The summed E-state index contributed by atoms with van der Waals surface area (Å²) >= 11 is 1.52. The van der Waals surface area contributed by atoms with Crippen LogP contribution >= 0.6 is 11.3 Å². The van der Waals surface area contributed by atoms with Crippen LogP contribution in [-0.2, 0) is 11.2 Å². The highest BCUT2D eigenvalue weighted by Gasteiger charge is 2.20. The molecule has 0 bridgehead atoms. The van der Waals surface area contributed by atoms with Crippen LogP contribution < -0.4 is 10.6 Å². The lowest BCUT2D eigenvalue weighted by atomic mass is 10.1. The van der Waals surface area contributed by atoms with Crippen LogP contribution in [0.2, 0.25) is 0 Å². The largest absolute Gasteiger partial charge is 0.379 e. The number of ether oxygens (including phenoxy) is 1. The first-order valence-corrected chi connectivity index (χ1v) is 15.6. The summed E-state index contributed by atoms with van der Waals surface area (Å²) in [6.45, 7) is 4.53. The molecule has 0 saturated carbocycles. The maximum atomic E-state index is 14.2.